The van der Waals surface area contributed by atoms with Crippen molar-refractivity contribution >= 4 is 11.5 Å². The molecule has 1 heterocycles. The molecule has 1 rings (SSSR count). The lowest BCUT2D eigenvalue weighted by molar-refractivity contribution is 0.231. The van der Waals surface area contributed by atoms with Gasteiger partial charge in [-0.1, -0.05) is 24.4 Å². The average molecular weight is 184 g/mol. The SMILES string of the molecule is C=CC(O)c1snnc1C(C)C. The number of nitrogens with zero attached hydrogens (tertiary/aromatic N) is 2. The maximum Gasteiger partial charge on any atom is 0.110 e. The van der Waals surface area contributed by atoms with Gasteiger partial charge < -0.3 is 5.11 Å². The minimum Gasteiger partial charge on any atom is -0.383 e. The molecule has 66 valence electrons. The molecule has 12 heavy (non-hydrogen) atoms. The first kappa shape index (κ1) is 9.35. The molecular weight excluding hydrogens is 172 g/mol. The molecule has 0 aliphatic carbocycles. The summed E-state index contributed by atoms with van der Waals surface area (Å²) in [7, 11) is 0. The van der Waals surface area contributed by atoms with Crippen LogP contribution in [0.15, 0.2) is 12.7 Å². The number of rotatable bonds is 3. The predicted molar refractivity (Wildman–Crippen MR) is 49.2 cm³/mol. The summed E-state index contributed by atoms with van der Waals surface area (Å²) in [6, 6.07) is 0. The molecule has 1 N–H and O–H groups in total. The summed E-state index contributed by atoms with van der Waals surface area (Å²) in [5, 5.41) is 13.4. The first-order valence-electron chi connectivity index (χ1n) is 3.79. The van der Waals surface area contributed by atoms with E-state index in [-0.39, 0.29) is 0 Å². The van der Waals surface area contributed by atoms with Crippen molar-refractivity contribution in [1.29, 1.82) is 0 Å². The molecule has 0 bridgehead atoms. The molecule has 0 amide bonds. The highest BCUT2D eigenvalue weighted by Crippen LogP contribution is 2.26. The van der Waals surface area contributed by atoms with Gasteiger partial charge in [-0.2, -0.15) is 0 Å². The molecular formula is C8H12N2OS. The molecule has 0 fully saturated rings. The first-order chi connectivity index (χ1) is 5.66. The van der Waals surface area contributed by atoms with E-state index >= 15 is 0 Å². The Kier molecular flexibility index (Phi) is 2.94. The van der Waals surface area contributed by atoms with Gasteiger partial charge in [-0.15, -0.1) is 11.7 Å². The summed E-state index contributed by atoms with van der Waals surface area (Å²) < 4.78 is 3.80. The fourth-order valence-corrected chi connectivity index (χ4v) is 1.71. The Bertz CT molecular complexity index is 270. The van der Waals surface area contributed by atoms with Crippen LogP contribution in [0.25, 0.3) is 0 Å². The van der Waals surface area contributed by atoms with Gasteiger partial charge in [0.1, 0.15) is 6.10 Å². The maximum absolute atomic E-state index is 9.46. The largest absolute Gasteiger partial charge is 0.383 e. The molecule has 4 heteroatoms. The van der Waals surface area contributed by atoms with E-state index in [2.05, 4.69) is 16.2 Å². The molecule has 0 radical (unpaired) electrons. The van der Waals surface area contributed by atoms with Gasteiger partial charge in [-0.3, -0.25) is 0 Å². The summed E-state index contributed by atoms with van der Waals surface area (Å²) in [5.41, 5.74) is 0.868. The van der Waals surface area contributed by atoms with Gasteiger partial charge in [0.05, 0.1) is 10.6 Å². The highest BCUT2D eigenvalue weighted by Gasteiger charge is 2.16. The van der Waals surface area contributed by atoms with Crippen LogP contribution >= 0.6 is 11.5 Å². The lowest BCUT2D eigenvalue weighted by atomic mass is 10.1. The lowest BCUT2D eigenvalue weighted by Gasteiger charge is -2.05. The lowest BCUT2D eigenvalue weighted by Crippen LogP contribution is -1.97. The van der Waals surface area contributed by atoms with Crippen molar-refractivity contribution in [3.63, 3.8) is 0 Å². The quantitative estimate of drug-likeness (QED) is 0.729. The fraction of sp³-hybridized carbons (Fsp3) is 0.500. The Hall–Kier alpha value is -0.740. The van der Waals surface area contributed by atoms with Crippen molar-refractivity contribution < 1.29 is 5.11 Å². The van der Waals surface area contributed by atoms with Crippen LogP contribution in [0.3, 0.4) is 0 Å². The topological polar surface area (TPSA) is 46.0 Å². The molecule has 0 saturated carbocycles. The van der Waals surface area contributed by atoms with E-state index in [9.17, 15) is 5.11 Å². The monoisotopic (exact) mass is 184 g/mol. The molecule has 3 nitrogen and oxygen atoms in total. The molecule has 1 aromatic heterocycles. The zero-order chi connectivity index (χ0) is 9.14. The third kappa shape index (κ3) is 1.70. The van der Waals surface area contributed by atoms with Crippen LogP contribution in [0.5, 0.6) is 0 Å². The standard InChI is InChI=1S/C8H12N2OS/c1-4-6(11)8-7(5(2)3)9-10-12-8/h4-6,11H,1H2,2-3H3. The van der Waals surface area contributed by atoms with Crippen molar-refractivity contribution in [1.82, 2.24) is 9.59 Å². The minimum atomic E-state index is -0.623. The van der Waals surface area contributed by atoms with E-state index in [1.54, 1.807) is 0 Å². The highest BCUT2D eigenvalue weighted by molar-refractivity contribution is 7.05. The third-order valence-electron chi connectivity index (χ3n) is 1.58. The maximum atomic E-state index is 9.46. The van der Waals surface area contributed by atoms with Gasteiger partial charge in [-0.05, 0) is 17.5 Å². The predicted octanol–water partition coefficient (Wildman–Crippen LogP) is 1.88. The van der Waals surface area contributed by atoms with Gasteiger partial charge in [0.25, 0.3) is 0 Å². The number of aromatic nitrogens is 2. The Labute approximate surface area is 75.9 Å². The second-order valence-electron chi connectivity index (χ2n) is 2.86. The van der Waals surface area contributed by atoms with E-state index in [1.807, 2.05) is 13.8 Å². The van der Waals surface area contributed by atoms with Gasteiger partial charge in [-0.25, -0.2) is 0 Å². The number of aliphatic hydroxyl groups excluding tert-OH is 1. The summed E-state index contributed by atoms with van der Waals surface area (Å²) in [6.07, 6.45) is 0.864. The number of hydrogen-bond donors (Lipinski definition) is 1. The van der Waals surface area contributed by atoms with E-state index in [0.717, 1.165) is 10.6 Å². The van der Waals surface area contributed by atoms with Crippen LogP contribution in [0.1, 0.15) is 36.4 Å². The van der Waals surface area contributed by atoms with Crippen molar-refractivity contribution in [3.8, 4) is 0 Å². The van der Waals surface area contributed by atoms with Gasteiger partial charge in [0, 0.05) is 0 Å². The van der Waals surface area contributed by atoms with Crippen molar-refractivity contribution in [2.45, 2.75) is 25.9 Å². The van der Waals surface area contributed by atoms with Crippen LogP contribution in [0, 0.1) is 0 Å². The van der Waals surface area contributed by atoms with Gasteiger partial charge >= 0.3 is 0 Å². The molecule has 0 aliphatic heterocycles. The van der Waals surface area contributed by atoms with Crippen LogP contribution in [0.2, 0.25) is 0 Å². The summed E-state index contributed by atoms with van der Waals surface area (Å²) in [5.74, 6) is 0.299. The minimum absolute atomic E-state index is 0.299. The zero-order valence-corrected chi connectivity index (χ0v) is 8.01. The van der Waals surface area contributed by atoms with Crippen LogP contribution in [-0.4, -0.2) is 14.7 Å². The normalized spacial score (nSPS) is 13.3. The van der Waals surface area contributed by atoms with Crippen molar-refractivity contribution in [2.75, 3.05) is 0 Å². The van der Waals surface area contributed by atoms with Crippen LogP contribution in [-0.2, 0) is 0 Å². The second kappa shape index (κ2) is 3.78. The highest BCUT2D eigenvalue weighted by atomic mass is 32.1. The molecule has 1 atom stereocenters. The molecule has 0 aromatic carbocycles. The Morgan fingerprint density at radius 2 is 2.25 bits per heavy atom. The van der Waals surface area contributed by atoms with E-state index in [0.29, 0.717) is 5.92 Å². The summed E-state index contributed by atoms with van der Waals surface area (Å²) in [6.45, 7) is 7.57. The average Bonchev–Trinajstić information content (AvgIpc) is 2.50. The van der Waals surface area contributed by atoms with Crippen LogP contribution < -0.4 is 0 Å². The van der Waals surface area contributed by atoms with E-state index < -0.39 is 6.10 Å². The first-order valence-corrected chi connectivity index (χ1v) is 4.57. The molecule has 0 saturated heterocycles. The Balaban J connectivity index is 2.98. The van der Waals surface area contributed by atoms with E-state index in [1.165, 1.54) is 17.6 Å². The molecule has 0 spiro atoms. The van der Waals surface area contributed by atoms with Crippen molar-refractivity contribution in [3.05, 3.63) is 23.2 Å². The smallest absolute Gasteiger partial charge is 0.110 e. The fourth-order valence-electron chi connectivity index (χ4n) is 0.917. The second-order valence-corrected chi connectivity index (χ2v) is 3.64. The number of aliphatic hydroxyl groups is 1. The Morgan fingerprint density at radius 3 is 2.75 bits per heavy atom. The van der Waals surface area contributed by atoms with Gasteiger partial charge in [0.15, 0.2) is 0 Å². The molecule has 1 unspecified atom stereocenters. The van der Waals surface area contributed by atoms with Crippen molar-refractivity contribution in [2.24, 2.45) is 0 Å². The van der Waals surface area contributed by atoms with Gasteiger partial charge in [0.2, 0.25) is 0 Å². The third-order valence-corrected chi connectivity index (χ3v) is 2.39. The summed E-state index contributed by atoms with van der Waals surface area (Å²) >= 11 is 1.23. The number of hydrogen-bond acceptors (Lipinski definition) is 4. The van der Waals surface area contributed by atoms with Crippen LogP contribution in [0.4, 0.5) is 0 Å². The molecule has 0 aliphatic rings. The van der Waals surface area contributed by atoms with E-state index in [4.69, 9.17) is 0 Å². The zero-order valence-electron chi connectivity index (χ0n) is 7.19. The Morgan fingerprint density at radius 1 is 1.58 bits per heavy atom. The summed E-state index contributed by atoms with van der Waals surface area (Å²) in [4.78, 5) is 0.806. The molecule has 1 aromatic rings.